The fourth-order valence-corrected chi connectivity index (χ4v) is 3.20. The summed E-state index contributed by atoms with van der Waals surface area (Å²) in [7, 11) is 4.22. The molecule has 0 N–H and O–H groups in total. The van der Waals surface area contributed by atoms with Gasteiger partial charge in [0, 0.05) is 44.1 Å². The van der Waals surface area contributed by atoms with Gasteiger partial charge < -0.3 is 9.80 Å². The first-order valence-electron chi connectivity index (χ1n) is 8.09. The molecule has 122 valence electrons. The van der Waals surface area contributed by atoms with Crippen LogP contribution in [0, 0.1) is 0 Å². The summed E-state index contributed by atoms with van der Waals surface area (Å²) in [5.41, 5.74) is 0.683. The number of rotatable bonds is 5. The fraction of sp³-hybridized carbons (Fsp3) is 0.647. The van der Waals surface area contributed by atoms with Gasteiger partial charge in [-0.3, -0.25) is 14.7 Å². The van der Waals surface area contributed by atoms with Gasteiger partial charge in [-0.15, -0.1) is 0 Å². The smallest absolute Gasteiger partial charge is 0.255 e. The van der Waals surface area contributed by atoms with E-state index in [4.69, 9.17) is 0 Å². The Balaban J connectivity index is 1.93. The van der Waals surface area contributed by atoms with E-state index in [1.54, 1.807) is 12.4 Å². The molecule has 0 saturated carbocycles. The van der Waals surface area contributed by atoms with Gasteiger partial charge in [0.1, 0.15) is 0 Å². The molecule has 2 unspecified atom stereocenters. The van der Waals surface area contributed by atoms with Crippen molar-refractivity contribution < 1.29 is 4.79 Å². The molecule has 2 rings (SSSR count). The van der Waals surface area contributed by atoms with Crippen LogP contribution in [0.1, 0.15) is 30.6 Å². The van der Waals surface area contributed by atoms with E-state index in [0.29, 0.717) is 17.6 Å². The molecule has 1 aliphatic rings. The lowest BCUT2D eigenvalue weighted by atomic mass is 10.1. The number of carbonyl (C=O) groups excluding carboxylic acids is 1. The van der Waals surface area contributed by atoms with Gasteiger partial charge in [0.25, 0.3) is 5.91 Å². The summed E-state index contributed by atoms with van der Waals surface area (Å²) in [6.45, 7) is 8.22. The normalized spacial score (nSPS) is 23.0. The van der Waals surface area contributed by atoms with E-state index in [1.807, 2.05) is 17.0 Å². The largest absolute Gasteiger partial charge is 0.335 e. The molecule has 22 heavy (non-hydrogen) atoms. The van der Waals surface area contributed by atoms with Crippen molar-refractivity contribution in [3.05, 3.63) is 30.1 Å². The van der Waals surface area contributed by atoms with Crippen LogP contribution >= 0.6 is 0 Å². The average Bonchev–Trinajstić information content (AvgIpc) is 2.49. The van der Waals surface area contributed by atoms with E-state index in [0.717, 1.165) is 32.6 Å². The maximum absolute atomic E-state index is 12.6. The zero-order valence-corrected chi connectivity index (χ0v) is 14.2. The standard InChI is InChI=1S/C17H28N4O/c1-14-12-20(17(22)16-7-5-8-18-11-16)13-15(2)21(14)10-6-9-19(3)4/h5,7-8,11,14-15H,6,9-10,12-13H2,1-4H3. The number of pyridine rings is 1. The molecule has 1 fully saturated rings. The van der Waals surface area contributed by atoms with Gasteiger partial charge in [-0.1, -0.05) is 0 Å². The van der Waals surface area contributed by atoms with Crippen molar-refractivity contribution in [3.63, 3.8) is 0 Å². The Bertz CT molecular complexity index is 465. The van der Waals surface area contributed by atoms with E-state index in [9.17, 15) is 4.79 Å². The second-order valence-electron chi connectivity index (χ2n) is 6.54. The summed E-state index contributed by atoms with van der Waals surface area (Å²) in [5, 5.41) is 0. The number of hydrogen-bond acceptors (Lipinski definition) is 4. The molecule has 1 aliphatic heterocycles. The number of hydrogen-bond donors (Lipinski definition) is 0. The number of nitrogens with zero attached hydrogens (tertiary/aromatic N) is 4. The molecule has 1 saturated heterocycles. The fourth-order valence-electron chi connectivity index (χ4n) is 3.20. The van der Waals surface area contributed by atoms with Gasteiger partial charge in [-0.2, -0.15) is 0 Å². The van der Waals surface area contributed by atoms with Crippen molar-refractivity contribution in [1.29, 1.82) is 0 Å². The zero-order chi connectivity index (χ0) is 16.1. The SMILES string of the molecule is CC1CN(C(=O)c2cccnc2)CC(C)N1CCCN(C)C. The molecular formula is C17H28N4O. The second-order valence-corrected chi connectivity index (χ2v) is 6.54. The minimum atomic E-state index is 0.0970. The summed E-state index contributed by atoms with van der Waals surface area (Å²) in [6.07, 6.45) is 4.52. The Hall–Kier alpha value is -1.46. The summed E-state index contributed by atoms with van der Waals surface area (Å²) >= 11 is 0. The molecule has 0 spiro atoms. The van der Waals surface area contributed by atoms with Crippen LogP contribution in [-0.4, -0.2) is 77.9 Å². The lowest BCUT2D eigenvalue weighted by Gasteiger charge is -2.44. The maximum atomic E-state index is 12.6. The highest BCUT2D eigenvalue weighted by molar-refractivity contribution is 5.94. The first kappa shape index (κ1) is 16.9. The maximum Gasteiger partial charge on any atom is 0.255 e. The van der Waals surface area contributed by atoms with Crippen molar-refractivity contribution in [2.45, 2.75) is 32.4 Å². The third-order valence-corrected chi connectivity index (χ3v) is 4.32. The third-order valence-electron chi connectivity index (χ3n) is 4.32. The van der Waals surface area contributed by atoms with E-state index in [1.165, 1.54) is 0 Å². The first-order valence-corrected chi connectivity index (χ1v) is 8.09. The van der Waals surface area contributed by atoms with Crippen molar-refractivity contribution >= 4 is 5.91 Å². The number of aromatic nitrogens is 1. The molecule has 0 aromatic carbocycles. The Morgan fingerprint density at radius 1 is 1.32 bits per heavy atom. The summed E-state index contributed by atoms with van der Waals surface area (Å²) in [5.74, 6) is 0.0970. The monoisotopic (exact) mass is 304 g/mol. The molecule has 1 aromatic rings. The lowest BCUT2D eigenvalue weighted by molar-refractivity contribution is 0.0295. The highest BCUT2D eigenvalue weighted by atomic mass is 16.2. The summed E-state index contributed by atoms with van der Waals surface area (Å²) in [4.78, 5) is 23.3. The second kappa shape index (κ2) is 7.70. The minimum absolute atomic E-state index is 0.0970. The van der Waals surface area contributed by atoms with Crippen LogP contribution in [-0.2, 0) is 0 Å². The van der Waals surface area contributed by atoms with Crippen LogP contribution in [0.4, 0.5) is 0 Å². The van der Waals surface area contributed by atoms with E-state index in [2.05, 4.69) is 42.7 Å². The van der Waals surface area contributed by atoms with Crippen molar-refractivity contribution in [2.75, 3.05) is 40.3 Å². The molecule has 0 bridgehead atoms. The highest BCUT2D eigenvalue weighted by Gasteiger charge is 2.31. The molecule has 0 radical (unpaired) electrons. The highest BCUT2D eigenvalue weighted by Crippen LogP contribution is 2.18. The first-order chi connectivity index (χ1) is 10.5. The molecule has 1 amide bonds. The molecule has 2 atom stereocenters. The minimum Gasteiger partial charge on any atom is -0.335 e. The Morgan fingerprint density at radius 3 is 2.55 bits per heavy atom. The number of piperazine rings is 1. The van der Waals surface area contributed by atoms with Crippen LogP contribution < -0.4 is 0 Å². The van der Waals surface area contributed by atoms with Gasteiger partial charge >= 0.3 is 0 Å². The van der Waals surface area contributed by atoms with Gasteiger partial charge in [0.05, 0.1) is 5.56 Å². The van der Waals surface area contributed by atoms with Gasteiger partial charge in [0.2, 0.25) is 0 Å². The van der Waals surface area contributed by atoms with Gasteiger partial charge in [0.15, 0.2) is 0 Å². The van der Waals surface area contributed by atoms with E-state index in [-0.39, 0.29) is 5.91 Å². The van der Waals surface area contributed by atoms with Crippen molar-refractivity contribution in [2.24, 2.45) is 0 Å². The lowest BCUT2D eigenvalue weighted by Crippen LogP contribution is -2.58. The molecule has 1 aromatic heterocycles. The Morgan fingerprint density at radius 2 is 2.00 bits per heavy atom. The predicted octanol–water partition coefficient (Wildman–Crippen LogP) is 1.57. The van der Waals surface area contributed by atoms with Crippen molar-refractivity contribution in [3.8, 4) is 0 Å². The molecule has 5 nitrogen and oxygen atoms in total. The quantitative estimate of drug-likeness (QED) is 0.828. The molecular weight excluding hydrogens is 276 g/mol. The molecule has 0 aliphatic carbocycles. The number of amides is 1. The van der Waals surface area contributed by atoms with Crippen LogP contribution in [0.25, 0.3) is 0 Å². The Labute approximate surface area is 133 Å². The van der Waals surface area contributed by atoms with E-state index < -0.39 is 0 Å². The van der Waals surface area contributed by atoms with Crippen molar-refractivity contribution in [1.82, 2.24) is 19.7 Å². The van der Waals surface area contributed by atoms with E-state index >= 15 is 0 Å². The Kier molecular flexibility index (Phi) is 5.91. The topological polar surface area (TPSA) is 39.7 Å². The third kappa shape index (κ3) is 4.27. The van der Waals surface area contributed by atoms with Gasteiger partial charge in [-0.25, -0.2) is 0 Å². The van der Waals surface area contributed by atoms with Crippen LogP contribution in [0.15, 0.2) is 24.5 Å². The molecule has 2 heterocycles. The average molecular weight is 304 g/mol. The van der Waals surface area contributed by atoms with Gasteiger partial charge in [-0.05, 0) is 53.0 Å². The predicted molar refractivity (Wildman–Crippen MR) is 88.9 cm³/mol. The van der Waals surface area contributed by atoms with Crippen LogP contribution in [0.5, 0.6) is 0 Å². The van der Waals surface area contributed by atoms with Crippen LogP contribution in [0.2, 0.25) is 0 Å². The summed E-state index contributed by atoms with van der Waals surface area (Å²) < 4.78 is 0. The molecule has 5 heteroatoms. The zero-order valence-electron chi connectivity index (χ0n) is 14.2. The summed E-state index contributed by atoms with van der Waals surface area (Å²) in [6, 6.07) is 4.45. The number of carbonyl (C=O) groups is 1. The van der Waals surface area contributed by atoms with Crippen LogP contribution in [0.3, 0.4) is 0 Å².